The van der Waals surface area contributed by atoms with E-state index in [0.29, 0.717) is 4.88 Å². The molecule has 2 aromatic carbocycles. The molecule has 8 heteroatoms. The molecular weight excluding hydrogens is 330 g/mol. The summed E-state index contributed by atoms with van der Waals surface area (Å²) in [7, 11) is 0. The normalized spacial score (nSPS) is 11.0. The zero-order valence-electron chi connectivity index (χ0n) is 12.2. The highest BCUT2D eigenvalue weighted by Gasteiger charge is 2.12. The Labute approximate surface area is 140 Å². The van der Waals surface area contributed by atoms with Crippen molar-refractivity contribution in [1.29, 1.82) is 0 Å². The van der Waals surface area contributed by atoms with Gasteiger partial charge < -0.3 is 5.11 Å². The minimum Gasteiger partial charge on any atom is -0.507 e. The molecule has 0 aliphatic heterocycles. The molecule has 0 aliphatic rings. The second-order valence-corrected chi connectivity index (χ2v) is 5.82. The van der Waals surface area contributed by atoms with Gasteiger partial charge in [-0.15, -0.1) is 11.3 Å². The van der Waals surface area contributed by atoms with Crippen molar-refractivity contribution in [3.8, 4) is 5.75 Å². The molecule has 1 amide bonds. The lowest BCUT2D eigenvalue weighted by Crippen LogP contribution is -2.17. The number of benzene rings is 2. The molecule has 0 atom stereocenters. The lowest BCUT2D eigenvalue weighted by molar-refractivity contribution is -0.384. The van der Waals surface area contributed by atoms with Gasteiger partial charge in [0.05, 0.1) is 27.0 Å². The van der Waals surface area contributed by atoms with E-state index in [1.165, 1.54) is 23.7 Å². The SMILES string of the molecule is O=C(NN=Cc1cc([N+](=O)[O-])cs1)c1cc2ccccc2cc1O. The topological polar surface area (TPSA) is 105 Å². The molecular formula is C16H11N3O4S. The van der Waals surface area contributed by atoms with Crippen LogP contribution in [0.25, 0.3) is 10.8 Å². The van der Waals surface area contributed by atoms with Crippen molar-refractivity contribution in [2.24, 2.45) is 5.10 Å². The minimum atomic E-state index is -0.569. The number of rotatable bonds is 4. The maximum atomic E-state index is 12.1. The molecule has 3 aromatic rings. The Morgan fingerprint density at radius 2 is 1.96 bits per heavy atom. The number of carbonyl (C=O) groups excluding carboxylic acids is 1. The molecule has 1 heterocycles. The van der Waals surface area contributed by atoms with Gasteiger partial charge in [-0.25, -0.2) is 5.43 Å². The minimum absolute atomic E-state index is 0.0278. The van der Waals surface area contributed by atoms with Gasteiger partial charge in [0.2, 0.25) is 0 Å². The fourth-order valence-electron chi connectivity index (χ4n) is 2.13. The van der Waals surface area contributed by atoms with Crippen LogP contribution in [0, 0.1) is 10.1 Å². The smallest absolute Gasteiger partial charge is 0.280 e. The number of hydrazone groups is 1. The molecule has 120 valence electrons. The first-order chi connectivity index (χ1) is 11.5. The third kappa shape index (κ3) is 3.23. The zero-order chi connectivity index (χ0) is 17.1. The number of fused-ring (bicyclic) bond motifs is 1. The van der Waals surface area contributed by atoms with Crippen LogP contribution in [0.2, 0.25) is 0 Å². The average Bonchev–Trinajstić information content (AvgIpc) is 3.03. The summed E-state index contributed by atoms with van der Waals surface area (Å²) in [6.45, 7) is 0. The molecule has 2 N–H and O–H groups in total. The van der Waals surface area contributed by atoms with Crippen LogP contribution in [-0.4, -0.2) is 22.2 Å². The largest absolute Gasteiger partial charge is 0.507 e. The summed E-state index contributed by atoms with van der Waals surface area (Å²) in [5.41, 5.74) is 2.37. The van der Waals surface area contributed by atoms with E-state index >= 15 is 0 Å². The number of phenolic OH excluding ortho intramolecular Hbond substituents is 1. The Hall–Kier alpha value is -3.26. The molecule has 0 fully saturated rings. The van der Waals surface area contributed by atoms with Gasteiger partial charge in [-0.2, -0.15) is 5.10 Å². The van der Waals surface area contributed by atoms with Crippen molar-refractivity contribution < 1.29 is 14.8 Å². The highest BCUT2D eigenvalue weighted by molar-refractivity contribution is 7.12. The van der Waals surface area contributed by atoms with Crippen LogP contribution >= 0.6 is 11.3 Å². The average molecular weight is 341 g/mol. The predicted molar refractivity (Wildman–Crippen MR) is 91.6 cm³/mol. The van der Waals surface area contributed by atoms with Crippen LogP contribution in [0.5, 0.6) is 5.75 Å². The lowest BCUT2D eigenvalue weighted by atomic mass is 10.1. The van der Waals surface area contributed by atoms with Gasteiger partial charge in [0.25, 0.3) is 11.6 Å². The Morgan fingerprint density at radius 3 is 2.62 bits per heavy atom. The van der Waals surface area contributed by atoms with Crippen molar-refractivity contribution in [2.45, 2.75) is 0 Å². The van der Waals surface area contributed by atoms with E-state index in [4.69, 9.17) is 0 Å². The highest BCUT2D eigenvalue weighted by atomic mass is 32.1. The van der Waals surface area contributed by atoms with Crippen molar-refractivity contribution in [3.63, 3.8) is 0 Å². The molecule has 0 saturated heterocycles. The summed E-state index contributed by atoms with van der Waals surface area (Å²) in [5.74, 6) is -0.714. The molecule has 0 unspecified atom stereocenters. The number of nitro groups is 1. The van der Waals surface area contributed by atoms with E-state index in [2.05, 4.69) is 10.5 Å². The number of nitrogens with one attached hydrogen (secondary N) is 1. The third-order valence-corrected chi connectivity index (χ3v) is 4.14. The summed E-state index contributed by atoms with van der Waals surface area (Å²) < 4.78 is 0. The Kier molecular flexibility index (Phi) is 4.21. The molecule has 0 bridgehead atoms. The van der Waals surface area contributed by atoms with Gasteiger partial charge in [0.1, 0.15) is 5.75 Å². The first-order valence-electron chi connectivity index (χ1n) is 6.82. The van der Waals surface area contributed by atoms with Gasteiger partial charge in [-0.1, -0.05) is 24.3 Å². The van der Waals surface area contributed by atoms with E-state index in [9.17, 15) is 20.0 Å². The van der Waals surface area contributed by atoms with Gasteiger partial charge in [-0.3, -0.25) is 14.9 Å². The summed E-state index contributed by atoms with van der Waals surface area (Å²) in [5, 5.41) is 27.4. The second kappa shape index (κ2) is 6.47. The second-order valence-electron chi connectivity index (χ2n) is 4.88. The number of hydrogen-bond acceptors (Lipinski definition) is 6. The molecule has 0 aliphatic carbocycles. The lowest BCUT2D eigenvalue weighted by Gasteiger charge is -2.05. The monoisotopic (exact) mass is 341 g/mol. The fourth-order valence-corrected chi connectivity index (χ4v) is 2.84. The number of carbonyl (C=O) groups is 1. The number of thiophene rings is 1. The van der Waals surface area contributed by atoms with Gasteiger partial charge in [0, 0.05) is 6.07 Å². The van der Waals surface area contributed by atoms with Crippen LogP contribution in [0.4, 0.5) is 5.69 Å². The van der Waals surface area contributed by atoms with Crippen molar-refractivity contribution >= 4 is 39.9 Å². The predicted octanol–water partition coefficient (Wildman–Crippen LogP) is 3.28. The van der Waals surface area contributed by atoms with Crippen LogP contribution in [0.15, 0.2) is 52.9 Å². The van der Waals surface area contributed by atoms with E-state index in [-0.39, 0.29) is 17.0 Å². The zero-order valence-corrected chi connectivity index (χ0v) is 13.0. The van der Waals surface area contributed by atoms with Crippen LogP contribution in [-0.2, 0) is 0 Å². The summed E-state index contributed by atoms with van der Waals surface area (Å²) in [6, 6.07) is 11.8. The van der Waals surface area contributed by atoms with E-state index in [0.717, 1.165) is 22.1 Å². The molecule has 1 aromatic heterocycles. The van der Waals surface area contributed by atoms with Crippen LogP contribution in [0.1, 0.15) is 15.2 Å². The molecule has 3 rings (SSSR count). The number of nitrogens with zero attached hydrogens (tertiary/aromatic N) is 2. The van der Waals surface area contributed by atoms with E-state index < -0.39 is 10.8 Å². The number of phenols is 1. The highest BCUT2D eigenvalue weighted by Crippen LogP contribution is 2.25. The summed E-state index contributed by atoms with van der Waals surface area (Å²) in [4.78, 5) is 22.8. The first kappa shape index (κ1) is 15.6. The summed E-state index contributed by atoms with van der Waals surface area (Å²) in [6.07, 6.45) is 1.31. The van der Waals surface area contributed by atoms with E-state index in [1.54, 1.807) is 6.07 Å². The van der Waals surface area contributed by atoms with Crippen molar-refractivity contribution in [3.05, 3.63) is 68.4 Å². The van der Waals surface area contributed by atoms with Gasteiger partial charge in [-0.05, 0) is 22.9 Å². The quantitative estimate of drug-likeness (QED) is 0.431. The van der Waals surface area contributed by atoms with Crippen LogP contribution in [0.3, 0.4) is 0 Å². The maximum Gasteiger partial charge on any atom is 0.280 e. The summed E-state index contributed by atoms with van der Waals surface area (Å²) >= 11 is 1.14. The van der Waals surface area contributed by atoms with Gasteiger partial charge in [0.15, 0.2) is 0 Å². The Balaban J connectivity index is 1.75. The van der Waals surface area contributed by atoms with Crippen LogP contribution < -0.4 is 5.43 Å². The number of amides is 1. The molecule has 0 spiro atoms. The maximum absolute atomic E-state index is 12.1. The number of aromatic hydroxyl groups is 1. The van der Waals surface area contributed by atoms with Gasteiger partial charge >= 0.3 is 0 Å². The molecule has 7 nitrogen and oxygen atoms in total. The Bertz CT molecular complexity index is 965. The fraction of sp³-hybridized carbons (Fsp3) is 0. The van der Waals surface area contributed by atoms with Crippen molar-refractivity contribution in [2.75, 3.05) is 0 Å². The third-order valence-electron chi connectivity index (χ3n) is 3.28. The van der Waals surface area contributed by atoms with Crippen molar-refractivity contribution in [1.82, 2.24) is 5.43 Å². The Morgan fingerprint density at radius 1 is 1.25 bits per heavy atom. The first-order valence-corrected chi connectivity index (χ1v) is 7.70. The van der Waals surface area contributed by atoms with E-state index in [1.807, 2.05) is 24.3 Å². The molecule has 0 radical (unpaired) electrons. The standard InChI is InChI=1S/C16H11N3O4S/c20-15-6-11-4-2-1-3-10(11)5-14(15)16(21)18-17-8-13-7-12(9-24-13)19(22)23/h1-9,20H,(H,18,21). The number of hydrogen-bond donors (Lipinski definition) is 2. The molecule has 24 heavy (non-hydrogen) atoms. The molecule has 0 saturated carbocycles.